The number of anilines is 3. The quantitative estimate of drug-likeness (QED) is 0.580. The summed E-state index contributed by atoms with van der Waals surface area (Å²) in [6.45, 7) is 3.64. The third-order valence-electron chi connectivity index (χ3n) is 4.30. The molecule has 29 heavy (non-hydrogen) atoms. The monoisotopic (exact) mass is 399 g/mol. The number of nitrogens with one attached hydrogen (secondary N) is 2. The van der Waals surface area contributed by atoms with Gasteiger partial charge in [-0.2, -0.15) is 0 Å². The molecule has 0 heterocycles. The molecular formula is C22H29N3O4. The number of unbranched alkanes of at least 4 members (excludes halogenated alkanes) is 1. The zero-order valence-corrected chi connectivity index (χ0v) is 17.2. The van der Waals surface area contributed by atoms with Gasteiger partial charge in [0.25, 0.3) is 5.91 Å². The fraction of sp³-hybridized carbons (Fsp3) is 0.364. The normalized spacial score (nSPS) is 10.3. The lowest BCUT2D eigenvalue weighted by Crippen LogP contribution is -2.18. The molecule has 0 aliphatic rings. The Morgan fingerprint density at radius 2 is 1.69 bits per heavy atom. The summed E-state index contributed by atoms with van der Waals surface area (Å²) in [6, 6.07) is 14.4. The first-order valence-corrected chi connectivity index (χ1v) is 9.68. The van der Waals surface area contributed by atoms with Crippen molar-refractivity contribution in [1.82, 2.24) is 0 Å². The molecule has 7 heteroatoms. The van der Waals surface area contributed by atoms with E-state index < -0.39 is 6.09 Å². The average molecular weight is 399 g/mol. The molecule has 0 aliphatic heterocycles. The molecule has 0 fully saturated rings. The summed E-state index contributed by atoms with van der Waals surface area (Å²) in [7, 11) is 3.58. The van der Waals surface area contributed by atoms with Gasteiger partial charge in [-0.05, 0) is 48.9 Å². The molecule has 7 nitrogen and oxygen atoms in total. The van der Waals surface area contributed by atoms with Crippen LogP contribution < -0.4 is 15.5 Å². The Labute approximate surface area is 172 Å². The molecule has 2 aromatic carbocycles. The van der Waals surface area contributed by atoms with E-state index in [2.05, 4.69) is 22.5 Å². The van der Waals surface area contributed by atoms with Crippen molar-refractivity contribution in [2.75, 3.05) is 49.4 Å². The Hall–Kier alpha value is -3.06. The molecule has 0 aromatic heterocycles. The molecule has 2 amide bonds. The van der Waals surface area contributed by atoms with Gasteiger partial charge in [-0.25, -0.2) is 4.79 Å². The van der Waals surface area contributed by atoms with Crippen molar-refractivity contribution >= 4 is 29.1 Å². The molecule has 0 aliphatic carbocycles. The summed E-state index contributed by atoms with van der Waals surface area (Å²) in [4.78, 5) is 26.4. The second-order valence-corrected chi connectivity index (χ2v) is 6.61. The molecule has 0 bridgehead atoms. The fourth-order valence-electron chi connectivity index (χ4n) is 2.64. The van der Waals surface area contributed by atoms with E-state index in [-0.39, 0.29) is 12.5 Å². The summed E-state index contributed by atoms with van der Waals surface area (Å²) >= 11 is 0. The van der Waals surface area contributed by atoms with Crippen LogP contribution in [0.25, 0.3) is 0 Å². The Bertz CT molecular complexity index is 793. The number of methoxy groups -OCH3 is 1. The predicted molar refractivity (Wildman–Crippen MR) is 116 cm³/mol. The van der Waals surface area contributed by atoms with Crippen LogP contribution in [0.15, 0.2) is 48.5 Å². The zero-order valence-electron chi connectivity index (χ0n) is 17.2. The maximum atomic E-state index is 12.5. The highest BCUT2D eigenvalue weighted by atomic mass is 16.6. The lowest BCUT2D eigenvalue weighted by Gasteiger charge is -2.19. The molecule has 0 radical (unpaired) electrons. The number of hydrogen-bond donors (Lipinski definition) is 2. The largest absolute Gasteiger partial charge is 0.447 e. The second-order valence-electron chi connectivity index (χ2n) is 6.61. The van der Waals surface area contributed by atoms with Crippen molar-refractivity contribution in [2.24, 2.45) is 0 Å². The van der Waals surface area contributed by atoms with Gasteiger partial charge in [0.15, 0.2) is 0 Å². The highest BCUT2D eigenvalue weighted by Gasteiger charge is 2.09. The zero-order chi connectivity index (χ0) is 21.1. The van der Waals surface area contributed by atoms with Gasteiger partial charge in [0.1, 0.15) is 6.61 Å². The molecular weight excluding hydrogens is 370 g/mol. The molecule has 0 unspecified atom stereocenters. The summed E-state index contributed by atoms with van der Waals surface area (Å²) in [6.07, 6.45) is 1.69. The van der Waals surface area contributed by atoms with E-state index in [1.54, 1.807) is 24.3 Å². The van der Waals surface area contributed by atoms with Crippen molar-refractivity contribution in [3.8, 4) is 0 Å². The molecule has 0 spiro atoms. The van der Waals surface area contributed by atoms with Crippen LogP contribution in [-0.2, 0) is 9.47 Å². The van der Waals surface area contributed by atoms with Gasteiger partial charge in [0.2, 0.25) is 0 Å². The van der Waals surface area contributed by atoms with Gasteiger partial charge in [0.05, 0.1) is 6.61 Å². The Kier molecular flexibility index (Phi) is 8.98. The lowest BCUT2D eigenvalue weighted by atomic mass is 10.1. The summed E-state index contributed by atoms with van der Waals surface area (Å²) in [5.74, 6) is -0.215. The molecule has 0 atom stereocenters. The number of rotatable bonds is 10. The highest BCUT2D eigenvalue weighted by Crippen LogP contribution is 2.18. The van der Waals surface area contributed by atoms with Gasteiger partial charge in [-0.15, -0.1) is 0 Å². The lowest BCUT2D eigenvalue weighted by molar-refractivity contribution is 0.102. The number of nitrogens with zero attached hydrogens (tertiary/aromatic N) is 1. The number of benzene rings is 2. The Morgan fingerprint density at radius 3 is 2.34 bits per heavy atom. The maximum Gasteiger partial charge on any atom is 0.411 e. The van der Waals surface area contributed by atoms with E-state index in [1.165, 1.54) is 7.11 Å². The van der Waals surface area contributed by atoms with Crippen LogP contribution in [0.1, 0.15) is 30.1 Å². The smallest absolute Gasteiger partial charge is 0.411 e. The van der Waals surface area contributed by atoms with Crippen molar-refractivity contribution in [2.45, 2.75) is 19.8 Å². The van der Waals surface area contributed by atoms with Crippen molar-refractivity contribution < 1.29 is 19.1 Å². The number of amides is 2. The first-order chi connectivity index (χ1) is 14.0. The molecule has 2 N–H and O–H groups in total. The average Bonchev–Trinajstić information content (AvgIpc) is 2.72. The number of carbonyl (C=O) groups excluding carboxylic acids is 2. The summed E-state index contributed by atoms with van der Waals surface area (Å²) < 4.78 is 9.79. The van der Waals surface area contributed by atoms with E-state index in [1.807, 2.05) is 31.3 Å². The van der Waals surface area contributed by atoms with Crippen LogP contribution in [0, 0.1) is 0 Å². The minimum Gasteiger partial charge on any atom is -0.447 e. The molecule has 2 aromatic rings. The highest BCUT2D eigenvalue weighted by molar-refractivity contribution is 6.04. The topological polar surface area (TPSA) is 79.9 Å². The van der Waals surface area contributed by atoms with Crippen molar-refractivity contribution in [3.05, 3.63) is 54.1 Å². The van der Waals surface area contributed by atoms with E-state index in [0.717, 1.165) is 25.1 Å². The minimum absolute atomic E-state index is 0.169. The van der Waals surface area contributed by atoms with Gasteiger partial charge in [-0.3, -0.25) is 10.1 Å². The van der Waals surface area contributed by atoms with Crippen molar-refractivity contribution in [1.29, 1.82) is 0 Å². The third kappa shape index (κ3) is 7.46. The number of hydrogen-bond acceptors (Lipinski definition) is 5. The predicted octanol–water partition coefficient (Wildman–Crippen LogP) is 4.37. The van der Waals surface area contributed by atoms with Gasteiger partial charge >= 0.3 is 6.09 Å². The molecule has 0 saturated heterocycles. The first kappa shape index (κ1) is 22.2. The fourth-order valence-corrected chi connectivity index (χ4v) is 2.64. The van der Waals surface area contributed by atoms with Crippen LogP contribution in [0.3, 0.4) is 0 Å². The first-order valence-electron chi connectivity index (χ1n) is 9.68. The van der Waals surface area contributed by atoms with Crippen LogP contribution >= 0.6 is 0 Å². The standard InChI is InChI=1S/C22H29N3O4/c1-4-5-13-25(2)20-11-9-17(10-12-20)21(26)23-18-7-6-8-19(16-18)24-22(27)29-15-14-28-3/h6-12,16H,4-5,13-15H2,1-3H3,(H,23,26)(H,24,27). The molecule has 2 rings (SSSR count). The molecule has 156 valence electrons. The van der Waals surface area contributed by atoms with Crippen LogP contribution in [-0.4, -0.2) is 45.9 Å². The van der Waals surface area contributed by atoms with Crippen LogP contribution in [0.2, 0.25) is 0 Å². The SMILES string of the molecule is CCCCN(C)c1ccc(C(=O)Nc2cccc(NC(=O)OCCOC)c2)cc1. The van der Waals surface area contributed by atoms with Gasteiger partial charge in [-0.1, -0.05) is 19.4 Å². The van der Waals surface area contributed by atoms with E-state index in [9.17, 15) is 9.59 Å². The molecule has 0 saturated carbocycles. The van der Waals surface area contributed by atoms with Gasteiger partial charge < -0.3 is 19.7 Å². The van der Waals surface area contributed by atoms with E-state index in [4.69, 9.17) is 9.47 Å². The van der Waals surface area contributed by atoms with Gasteiger partial charge in [0, 0.05) is 43.3 Å². The van der Waals surface area contributed by atoms with Crippen LogP contribution in [0.5, 0.6) is 0 Å². The van der Waals surface area contributed by atoms with E-state index in [0.29, 0.717) is 23.5 Å². The van der Waals surface area contributed by atoms with Crippen LogP contribution in [0.4, 0.5) is 21.9 Å². The summed E-state index contributed by atoms with van der Waals surface area (Å²) in [5, 5.41) is 5.46. The van der Waals surface area contributed by atoms with Crippen molar-refractivity contribution in [3.63, 3.8) is 0 Å². The number of carbonyl (C=O) groups is 2. The second kappa shape index (κ2) is 11.7. The van der Waals surface area contributed by atoms with E-state index >= 15 is 0 Å². The number of ether oxygens (including phenoxy) is 2. The summed E-state index contributed by atoms with van der Waals surface area (Å²) in [5.41, 5.74) is 2.75. The maximum absolute atomic E-state index is 12.5. The minimum atomic E-state index is -0.576. The Balaban J connectivity index is 1.94. The Morgan fingerprint density at radius 1 is 1.00 bits per heavy atom. The third-order valence-corrected chi connectivity index (χ3v) is 4.30.